The van der Waals surface area contributed by atoms with Crippen molar-refractivity contribution in [3.05, 3.63) is 63.2 Å². The molecule has 1 atom stereocenters. The third kappa shape index (κ3) is 4.52. The number of aromatic nitrogens is 2. The van der Waals surface area contributed by atoms with Crippen LogP contribution in [0.1, 0.15) is 24.2 Å². The monoisotopic (exact) mass is 415 g/mol. The van der Waals surface area contributed by atoms with E-state index in [0.29, 0.717) is 5.52 Å². The minimum atomic E-state index is -0.884. The van der Waals surface area contributed by atoms with Crippen molar-refractivity contribution < 1.29 is 14.5 Å². The number of amides is 2. The fraction of sp³-hybridized carbons (Fsp3) is 0.211. The van der Waals surface area contributed by atoms with E-state index in [0.717, 1.165) is 11.6 Å². The van der Waals surface area contributed by atoms with E-state index in [1.165, 1.54) is 12.1 Å². The summed E-state index contributed by atoms with van der Waals surface area (Å²) in [5.74, 6) is -1.07. The number of nitro groups is 1. The van der Waals surface area contributed by atoms with Gasteiger partial charge in [-0.25, -0.2) is 4.98 Å². The Balaban J connectivity index is 1.77. The number of rotatable bonds is 6. The number of halogens is 1. The lowest BCUT2D eigenvalue weighted by molar-refractivity contribution is -0.384. The van der Waals surface area contributed by atoms with E-state index in [-0.39, 0.29) is 28.1 Å². The molecule has 150 valence electrons. The Bertz CT molecular complexity index is 1060. The molecule has 2 amide bonds. The Morgan fingerprint density at radius 3 is 2.59 bits per heavy atom. The Kier molecular flexibility index (Phi) is 5.79. The first kappa shape index (κ1) is 20.3. The predicted molar refractivity (Wildman–Crippen MR) is 109 cm³/mol. The normalized spacial score (nSPS) is 12.0. The summed E-state index contributed by atoms with van der Waals surface area (Å²) < 4.78 is 0. The van der Waals surface area contributed by atoms with E-state index < -0.39 is 22.8 Å². The molecule has 1 aromatic heterocycles. The van der Waals surface area contributed by atoms with Gasteiger partial charge in [-0.3, -0.25) is 25.0 Å². The van der Waals surface area contributed by atoms with E-state index in [2.05, 4.69) is 20.6 Å². The maximum absolute atomic E-state index is 12.7. The van der Waals surface area contributed by atoms with E-state index in [9.17, 15) is 19.7 Å². The molecular weight excluding hydrogens is 398 g/mol. The molecule has 0 spiro atoms. The van der Waals surface area contributed by atoms with Crippen LogP contribution in [0.2, 0.25) is 5.02 Å². The number of aromatic amines is 1. The molecule has 0 bridgehead atoms. The number of carbonyl (C=O) groups is 2. The van der Waals surface area contributed by atoms with Crippen LogP contribution in [0, 0.1) is 16.0 Å². The molecule has 2 aromatic carbocycles. The van der Waals surface area contributed by atoms with Gasteiger partial charge in [0, 0.05) is 11.6 Å². The van der Waals surface area contributed by atoms with Crippen LogP contribution in [0.4, 0.5) is 11.6 Å². The van der Waals surface area contributed by atoms with Crippen molar-refractivity contribution in [1.29, 1.82) is 0 Å². The summed E-state index contributed by atoms with van der Waals surface area (Å²) in [7, 11) is 0. The first-order chi connectivity index (χ1) is 13.8. The number of nitrogens with zero attached hydrogens (tertiary/aromatic N) is 2. The van der Waals surface area contributed by atoms with Crippen LogP contribution in [0.15, 0.2) is 42.5 Å². The van der Waals surface area contributed by atoms with E-state index >= 15 is 0 Å². The van der Waals surface area contributed by atoms with Gasteiger partial charge in [0.1, 0.15) is 11.1 Å². The molecule has 29 heavy (non-hydrogen) atoms. The molecule has 0 aliphatic carbocycles. The van der Waals surface area contributed by atoms with E-state index in [4.69, 9.17) is 11.6 Å². The van der Waals surface area contributed by atoms with Crippen LogP contribution >= 0.6 is 11.6 Å². The van der Waals surface area contributed by atoms with Crippen LogP contribution in [0.25, 0.3) is 11.0 Å². The van der Waals surface area contributed by atoms with Crippen molar-refractivity contribution >= 4 is 46.1 Å². The Morgan fingerprint density at radius 2 is 1.93 bits per heavy atom. The van der Waals surface area contributed by atoms with Gasteiger partial charge in [0.15, 0.2) is 0 Å². The molecule has 0 fully saturated rings. The van der Waals surface area contributed by atoms with Gasteiger partial charge >= 0.3 is 0 Å². The Morgan fingerprint density at radius 1 is 1.21 bits per heavy atom. The molecule has 10 heteroatoms. The fourth-order valence-corrected chi connectivity index (χ4v) is 2.95. The van der Waals surface area contributed by atoms with Crippen molar-refractivity contribution in [3.63, 3.8) is 0 Å². The topological polar surface area (TPSA) is 130 Å². The van der Waals surface area contributed by atoms with Gasteiger partial charge in [0.25, 0.3) is 11.6 Å². The second-order valence-electron chi connectivity index (χ2n) is 6.71. The van der Waals surface area contributed by atoms with Gasteiger partial charge in [0.05, 0.1) is 16.0 Å². The molecule has 0 radical (unpaired) electrons. The van der Waals surface area contributed by atoms with Crippen LogP contribution in [0.3, 0.4) is 0 Å². The van der Waals surface area contributed by atoms with Gasteiger partial charge in [-0.1, -0.05) is 37.6 Å². The number of nitrogens with one attached hydrogen (secondary N) is 3. The maximum Gasteiger partial charge on any atom is 0.288 e. The summed E-state index contributed by atoms with van der Waals surface area (Å²) in [6, 6.07) is 10.1. The summed E-state index contributed by atoms with van der Waals surface area (Å²) in [6.07, 6.45) is 0. The minimum absolute atomic E-state index is 0.0308. The average Bonchev–Trinajstić information content (AvgIpc) is 3.07. The molecule has 0 aliphatic rings. The molecule has 9 nitrogen and oxygen atoms in total. The molecule has 1 heterocycles. The minimum Gasteiger partial charge on any atom is -0.340 e. The molecule has 3 N–H and O–H groups in total. The highest BCUT2D eigenvalue weighted by Gasteiger charge is 2.26. The second-order valence-corrected chi connectivity index (χ2v) is 7.12. The molecule has 3 rings (SSSR count). The van der Waals surface area contributed by atoms with Crippen molar-refractivity contribution in [1.82, 2.24) is 15.3 Å². The van der Waals surface area contributed by atoms with Gasteiger partial charge in [-0.05, 0) is 30.2 Å². The highest BCUT2D eigenvalue weighted by atomic mass is 35.5. The zero-order valence-corrected chi connectivity index (χ0v) is 16.4. The SMILES string of the molecule is CC(C)C(NC(=O)c1ccc(Cl)c([N+](=O)[O-])c1)C(=O)Nc1nc2ccccc2[nH]1. The van der Waals surface area contributed by atoms with E-state index in [1.54, 1.807) is 19.9 Å². The molecule has 0 aliphatic heterocycles. The van der Waals surface area contributed by atoms with E-state index in [1.807, 2.05) is 18.2 Å². The molecule has 3 aromatic rings. The van der Waals surface area contributed by atoms with Crippen LogP contribution in [0.5, 0.6) is 0 Å². The number of fused-ring (bicyclic) bond motifs is 1. The quantitative estimate of drug-likeness (QED) is 0.419. The zero-order chi connectivity index (χ0) is 21.1. The second kappa shape index (κ2) is 8.27. The summed E-state index contributed by atoms with van der Waals surface area (Å²) in [5.41, 5.74) is 1.11. The molecule has 1 unspecified atom stereocenters. The van der Waals surface area contributed by atoms with Crippen molar-refractivity contribution in [2.45, 2.75) is 19.9 Å². The van der Waals surface area contributed by atoms with Crippen LogP contribution in [-0.4, -0.2) is 32.7 Å². The summed E-state index contributed by atoms with van der Waals surface area (Å²) in [6.45, 7) is 3.54. The Labute approximate surface area is 170 Å². The first-order valence-corrected chi connectivity index (χ1v) is 9.14. The third-order valence-corrected chi connectivity index (χ3v) is 4.59. The lowest BCUT2D eigenvalue weighted by atomic mass is 10.0. The first-order valence-electron chi connectivity index (χ1n) is 8.76. The average molecular weight is 416 g/mol. The molecule has 0 saturated carbocycles. The van der Waals surface area contributed by atoms with Gasteiger partial charge in [-0.15, -0.1) is 0 Å². The molecule has 0 saturated heterocycles. The summed E-state index contributed by atoms with van der Waals surface area (Å²) in [4.78, 5) is 42.9. The smallest absolute Gasteiger partial charge is 0.288 e. The number of H-pyrrole nitrogens is 1. The van der Waals surface area contributed by atoms with Gasteiger partial charge in [-0.2, -0.15) is 0 Å². The van der Waals surface area contributed by atoms with Crippen molar-refractivity contribution in [3.8, 4) is 0 Å². The predicted octanol–water partition coefficient (Wildman–Crippen LogP) is 3.52. The Hall–Kier alpha value is -3.46. The number of para-hydroxylation sites is 2. The number of nitro benzene ring substituents is 1. The highest BCUT2D eigenvalue weighted by Crippen LogP contribution is 2.25. The molecular formula is C19H18ClN5O4. The van der Waals surface area contributed by atoms with Crippen molar-refractivity contribution in [2.75, 3.05) is 5.32 Å². The lowest BCUT2D eigenvalue weighted by Gasteiger charge is -2.21. The third-order valence-electron chi connectivity index (χ3n) is 4.27. The van der Waals surface area contributed by atoms with Gasteiger partial charge in [0.2, 0.25) is 11.9 Å². The van der Waals surface area contributed by atoms with Crippen LogP contribution < -0.4 is 10.6 Å². The number of benzene rings is 2. The number of carbonyl (C=O) groups excluding carboxylic acids is 2. The van der Waals surface area contributed by atoms with Crippen LogP contribution in [-0.2, 0) is 4.79 Å². The summed E-state index contributed by atoms with van der Waals surface area (Å²) >= 11 is 5.78. The number of imidazole rings is 1. The van der Waals surface area contributed by atoms with Crippen molar-refractivity contribution in [2.24, 2.45) is 5.92 Å². The number of anilines is 1. The number of hydrogen-bond acceptors (Lipinski definition) is 5. The summed E-state index contributed by atoms with van der Waals surface area (Å²) in [5, 5.41) is 16.2. The largest absolute Gasteiger partial charge is 0.340 e. The number of hydrogen-bond donors (Lipinski definition) is 3. The fourth-order valence-electron chi connectivity index (χ4n) is 2.76. The standard InChI is InChI=1S/C19H18ClN5O4/c1-10(2)16(18(27)24-19-21-13-5-3-4-6-14(13)22-19)23-17(26)11-7-8-12(20)15(9-11)25(28)29/h3-10,16H,1-2H3,(H,23,26)(H2,21,22,24,27). The zero-order valence-electron chi connectivity index (χ0n) is 15.6. The van der Waals surface area contributed by atoms with Gasteiger partial charge < -0.3 is 10.3 Å². The maximum atomic E-state index is 12.7. The lowest BCUT2D eigenvalue weighted by Crippen LogP contribution is -2.47. The highest BCUT2D eigenvalue weighted by molar-refractivity contribution is 6.32.